The largest absolute Gasteiger partial charge is 0.461 e. The Hall–Kier alpha value is -2.39. The number of amides is 1. The maximum Gasteiger partial charge on any atom is 0.331 e. The van der Waals surface area contributed by atoms with Gasteiger partial charge >= 0.3 is 5.97 Å². The van der Waals surface area contributed by atoms with Crippen LogP contribution in [-0.4, -0.2) is 53.8 Å². The summed E-state index contributed by atoms with van der Waals surface area (Å²) in [5.41, 5.74) is 11.4. The molecule has 0 rings (SSSR count). The molecule has 0 aromatic heterocycles. The van der Waals surface area contributed by atoms with E-state index in [2.05, 4.69) is 48.8 Å². The van der Waals surface area contributed by atoms with Gasteiger partial charge in [0, 0.05) is 6.54 Å². The van der Waals surface area contributed by atoms with Gasteiger partial charge in [-0.25, -0.2) is 4.79 Å². The number of aliphatic hydroxyl groups is 1. The predicted molar refractivity (Wildman–Crippen MR) is 234 cm³/mol. The van der Waals surface area contributed by atoms with Crippen molar-refractivity contribution < 1.29 is 19.4 Å². The first kappa shape index (κ1) is 52.6. The average Bonchev–Trinajstić information content (AvgIpc) is 3.16. The van der Waals surface area contributed by atoms with Crippen molar-refractivity contribution in [3.05, 3.63) is 24.3 Å². The molecule has 1 amide bonds. The van der Waals surface area contributed by atoms with Crippen LogP contribution in [0, 0.1) is 5.41 Å². The third-order valence-corrected chi connectivity index (χ3v) is 10.5. The predicted octanol–water partition coefficient (Wildman–Crippen LogP) is 10.8. The van der Waals surface area contributed by atoms with Crippen LogP contribution in [0.25, 0.3) is 0 Å². The van der Waals surface area contributed by atoms with Gasteiger partial charge in [-0.05, 0) is 96.8 Å². The van der Waals surface area contributed by atoms with E-state index in [0.29, 0.717) is 19.4 Å². The number of allylic oxidation sites excluding steroid dienone is 4. The molecule has 0 heterocycles. The topological polar surface area (TPSA) is 164 Å². The highest BCUT2D eigenvalue weighted by molar-refractivity contribution is 5.87. The maximum absolute atomic E-state index is 13.3. The van der Waals surface area contributed by atoms with E-state index >= 15 is 0 Å². The number of unbranched alkanes of at least 4 members (excludes halogenated alkanes) is 23. The van der Waals surface area contributed by atoms with Crippen LogP contribution in [-0.2, 0) is 14.3 Å². The molecule has 4 atom stereocenters. The molecule has 9 nitrogen and oxygen atoms in total. The summed E-state index contributed by atoms with van der Waals surface area (Å²) < 4.78 is 6.00. The highest BCUT2D eigenvalue weighted by Crippen LogP contribution is 2.19. The number of nitrogens with two attached hydrogens (primary N) is 2. The molecule has 0 aliphatic rings. The summed E-state index contributed by atoms with van der Waals surface area (Å²) in [7, 11) is 0. The molecule has 8 N–H and O–H groups in total. The third-order valence-electron chi connectivity index (χ3n) is 10.5. The van der Waals surface area contributed by atoms with E-state index in [-0.39, 0.29) is 12.1 Å². The number of nitrogens with one attached hydrogen (secondary N) is 3. The van der Waals surface area contributed by atoms with Crippen molar-refractivity contribution in [3.63, 3.8) is 0 Å². The lowest BCUT2D eigenvalue weighted by molar-refractivity contribution is -0.157. The fourth-order valence-electron chi connectivity index (χ4n) is 6.87. The van der Waals surface area contributed by atoms with Crippen molar-refractivity contribution in [3.8, 4) is 0 Å². The second-order valence-corrected chi connectivity index (χ2v) is 16.0. The van der Waals surface area contributed by atoms with Crippen molar-refractivity contribution in [2.45, 2.75) is 244 Å². The van der Waals surface area contributed by atoms with Gasteiger partial charge in [0.25, 0.3) is 0 Å². The first-order valence-corrected chi connectivity index (χ1v) is 23.0. The minimum atomic E-state index is -1.18. The Labute approximate surface area is 338 Å². The van der Waals surface area contributed by atoms with Crippen LogP contribution in [0.5, 0.6) is 0 Å². The molecule has 0 saturated carbocycles. The fourth-order valence-corrected chi connectivity index (χ4v) is 6.87. The number of hydrogen-bond donors (Lipinski definition) is 6. The number of rotatable bonds is 40. The number of aliphatic hydroxyl groups excluding tert-OH is 1. The monoisotopic (exact) mass is 776 g/mol. The molecule has 9 heteroatoms. The molecule has 0 radical (unpaired) electrons. The standard InChI is InChI=1S/C46H89N5O4/c1-4-6-8-10-12-14-16-18-20-22-24-26-28-30-32-34-37-41(36-33-31-29-27-25-23-21-19-17-15-13-11-9-7-5-2)55-45(54)43(40(3)52)51-44(53)42(47)38-35-39-50-46(48)49/h18-21,40-43,52H,4-17,22-39,47H2,1-3H3,(H,51,53)(H4,48,49,50)/b20-18-,21-19-/t40?,41?,42-,43-/m0/s1. The molecule has 0 saturated heterocycles. The van der Waals surface area contributed by atoms with Crippen LogP contribution in [0.1, 0.15) is 220 Å². The first-order chi connectivity index (χ1) is 26.7. The van der Waals surface area contributed by atoms with Gasteiger partial charge in [0.2, 0.25) is 5.91 Å². The average molecular weight is 776 g/mol. The van der Waals surface area contributed by atoms with E-state index in [4.69, 9.17) is 21.6 Å². The van der Waals surface area contributed by atoms with Crippen LogP contribution in [0.2, 0.25) is 0 Å². The molecule has 0 spiro atoms. The molecule has 0 aromatic carbocycles. The van der Waals surface area contributed by atoms with E-state index < -0.39 is 30.1 Å². The van der Waals surface area contributed by atoms with Crippen LogP contribution in [0.4, 0.5) is 0 Å². The molecule has 2 unspecified atom stereocenters. The molecule has 0 aromatic rings. The van der Waals surface area contributed by atoms with Gasteiger partial charge in [-0.2, -0.15) is 0 Å². The van der Waals surface area contributed by atoms with Crippen molar-refractivity contribution >= 4 is 17.8 Å². The summed E-state index contributed by atoms with van der Waals surface area (Å²) in [5.74, 6) is -1.24. The molecule has 322 valence electrons. The van der Waals surface area contributed by atoms with Crippen LogP contribution in [0.15, 0.2) is 24.3 Å². The Bertz CT molecular complexity index is 957. The number of esters is 1. The second-order valence-electron chi connectivity index (χ2n) is 16.0. The third kappa shape index (κ3) is 35.7. The minimum absolute atomic E-state index is 0.136. The Morgan fingerprint density at radius 1 is 0.618 bits per heavy atom. The smallest absolute Gasteiger partial charge is 0.331 e. The molecular weight excluding hydrogens is 687 g/mol. The van der Waals surface area contributed by atoms with Crippen LogP contribution in [0.3, 0.4) is 0 Å². The first-order valence-electron chi connectivity index (χ1n) is 23.0. The van der Waals surface area contributed by atoms with Crippen LogP contribution < -0.4 is 22.1 Å². The normalized spacial score (nSPS) is 13.9. The van der Waals surface area contributed by atoms with E-state index in [1.807, 2.05) is 0 Å². The maximum atomic E-state index is 13.3. The number of guanidine groups is 1. The SMILES string of the molecule is CCCCCCCC/C=C\CCCCCCCCC(CCCCCCC/C=C\CCCCCCCC)OC(=O)[C@@H](NC(=O)[C@@H](N)CCCNC(=N)N)C(C)O. The number of ether oxygens (including phenoxy) is 1. The van der Waals surface area contributed by atoms with E-state index in [0.717, 1.165) is 44.9 Å². The van der Waals surface area contributed by atoms with Gasteiger partial charge < -0.3 is 31.9 Å². The highest BCUT2D eigenvalue weighted by atomic mass is 16.5. The van der Waals surface area contributed by atoms with Gasteiger partial charge in [-0.3, -0.25) is 10.2 Å². The minimum Gasteiger partial charge on any atom is -0.461 e. The lowest BCUT2D eigenvalue weighted by atomic mass is 10.0. The number of hydrogen-bond acceptors (Lipinski definition) is 6. The second kappa shape index (κ2) is 39.8. The Morgan fingerprint density at radius 3 is 1.38 bits per heavy atom. The molecule has 0 bridgehead atoms. The van der Waals surface area contributed by atoms with Gasteiger partial charge in [0.15, 0.2) is 12.0 Å². The van der Waals surface area contributed by atoms with E-state index in [1.54, 1.807) is 0 Å². The summed E-state index contributed by atoms with van der Waals surface area (Å²) in [6, 6.07) is -2.03. The van der Waals surface area contributed by atoms with E-state index in [1.165, 1.54) is 148 Å². The van der Waals surface area contributed by atoms with Crippen molar-refractivity contribution in [1.29, 1.82) is 5.41 Å². The summed E-state index contributed by atoms with van der Waals surface area (Å²) in [4.78, 5) is 26.1. The summed E-state index contributed by atoms with van der Waals surface area (Å²) in [6.45, 7) is 6.44. The van der Waals surface area contributed by atoms with Gasteiger partial charge in [-0.15, -0.1) is 0 Å². The zero-order valence-electron chi connectivity index (χ0n) is 36.1. The molecular formula is C46H89N5O4. The van der Waals surface area contributed by atoms with Crippen molar-refractivity contribution in [2.24, 2.45) is 11.5 Å². The molecule has 0 fully saturated rings. The lowest BCUT2D eigenvalue weighted by Crippen LogP contribution is -2.53. The lowest BCUT2D eigenvalue weighted by Gasteiger charge is -2.25. The number of carbonyl (C=O) groups excluding carboxylic acids is 2. The summed E-state index contributed by atoms with van der Waals surface area (Å²) in [5, 5.41) is 23.0. The van der Waals surface area contributed by atoms with Crippen LogP contribution >= 0.6 is 0 Å². The zero-order valence-corrected chi connectivity index (χ0v) is 36.1. The summed E-state index contributed by atoms with van der Waals surface area (Å²) >= 11 is 0. The van der Waals surface area contributed by atoms with Gasteiger partial charge in [0.1, 0.15) is 6.10 Å². The molecule has 0 aliphatic heterocycles. The Kier molecular flexibility index (Phi) is 38.1. The van der Waals surface area contributed by atoms with Crippen molar-refractivity contribution in [1.82, 2.24) is 10.6 Å². The van der Waals surface area contributed by atoms with Gasteiger partial charge in [-0.1, -0.05) is 147 Å². The highest BCUT2D eigenvalue weighted by Gasteiger charge is 2.30. The summed E-state index contributed by atoms with van der Waals surface area (Å²) in [6.07, 6.45) is 44.2. The molecule has 55 heavy (non-hydrogen) atoms. The number of carbonyl (C=O) groups is 2. The zero-order chi connectivity index (χ0) is 40.6. The fraction of sp³-hybridized carbons (Fsp3) is 0.848. The Morgan fingerprint density at radius 2 is 1.00 bits per heavy atom. The quantitative estimate of drug-likeness (QED) is 0.0119. The Balaban J connectivity index is 4.67. The van der Waals surface area contributed by atoms with Gasteiger partial charge in [0.05, 0.1) is 12.1 Å². The van der Waals surface area contributed by atoms with E-state index in [9.17, 15) is 14.7 Å². The van der Waals surface area contributed by atoms with Crippen molar-refractivity contribution in [2.75, 3.05) is 6.54 Å². The molecule has 0 aliphatic carbocycles.